The Morgan fingerprint density at radius 3 is 1.71 bits per heavy atom. The highest BCUT2D eigenvalue weighted by Crippen LogP contribution is 2.03. The molecule has 90 valence electrons. The Hall–Kier alpha value is -2.64. The van der Waals surface area contributed by atoms with Crippen LogP contribution in [0.1, 0.15) is 5.69 Å². The molecule has 0 radical (unpaired) electrons. The van der Waals surface area contributed by atoms with Crippen molar-refractivity contribution in [2.24, 2.45) is 0 Å². The third kappa shape index (κ3) is 4.16. The van der Waals surface area contributed by atoms with Crippen molar-refractivity contribution in [1.82, 2.24) is 19.9 Å². The lowest BCUT2D eigenvalue weighted by Crippen LogP contribution is -1.99. The number of nitrogens with zero attached hydrogens (tertiary/aromatic N) is 4. The summed E-state index contributed by atoms with van der Waals surface area (Å²) in [5, 5.41) is 0. The fraction of sp³-hybridized carbons (Fsp3) is 0.111. The van der Waals surface area contributed by atoms with Gasteiger partial charge in [0.05, 0.1) is 24.3 Å². The first-order valence-corrected chi connectivity index (χ1v) is 4.66. The van der Waals surface area contributed by atoms with Gasteiger partial charge in [-0.3, -0.25) is 9.97 Å². The number of aryl methyl sites for hydroxylation is 1. The van der Waals surface area contributed by atoms with E-state index in [0.29, 0.717) is 29.0 Å². The normalized spacial score (nSPS) is 9.24. The van der Waals surface area contributed by atoms with Gasteiger partial charge < -0.3 is 22.9 Å². The molecule has 0 aromatic carbocycles. The summed E-state index contributed by atoms with van der Waals surface area (Å²) in [4.78, 5) is 15.0. The zero-order valence-electron chi connectivity index (χ0n) is 9.33. The quantitative estimate of drug-likeness (QED) is 0.479. The lowest BCUT2D eigenvalue weighted by Gasteiger charge is -1.96. The lowest BCUT2D eigenvalue weighted by molar-refractivity contribution is 1.14. The summed E-state index contributed by atoms with van der Waals surface area (Å²) in [7, 11) is 0. The highest BCUT2D eigenvalue weighted by molar-refractivity contribution is 5.39. The maximum absolute atomic E-state index is 5.37. The van der Waals surface area contributed by atoms with Crippen LogP contribution >= 0.6 is 0 Å². The second-order valence-corrected chi connectivity index (χ2v) is 3.13. The zero-order valence-corrected chi connectivity index (χ0v) is 9.33. The van der Waals surface area contributed by atoms with Crippen LogP contribution in [0.2, 0.25) is 0 Å². The standard InChI is InChI=1S/C5H8N4.C4H6N4/c1-3-5(7)9-4(6)2-8-3;5-3-1-7-2-4(6)8-3/h2H,1H3,(H4,6,7,9);1-2H,(H4,5,6,8). The molecule has 0 saturated heterocycles. The van der Waals surface area contributed by atoms with E-state index in [4.69, 9.17) is 22.9 Å². The maximum Gasteiger partial charge on any atom is 0.147 e. The fourth-order valence-electron chi connectivity index (χ4n) is 0.875. The number of hydrogen-bond acceptors (Lipinski definition) is 8. The van der Waals surface area contributed by atoms with Crippen molar-refractivity contribution >= 4 is 23.3 Å². The van der Waals surface area contributed by atoms with Gasteiger partial charge in [0.1, 0.15) is 23.3 Å². The second-order valence-electron chi connectivity index (χ2n) is 3.13. The molecular formula is C9H14N8. The number of nitrogens with two attached hydrogens (primary N) is 4. The van der Waals surface area contributed by atoms with Gasteiger partial charge in [0, 0.05) is 0 Å². The summed E-state index contributed by atoms with van der Waals surface area (Å²) >= 11 is 0. The minimum Gasteiger partial charge on any atom is -0.382 e. The molecule has 0 aliphatic rings. The largest absolute Gasteiger partial charge is 0.382 e. The number of rotatable bonds is 0. The van der Waals surface area contributed by atoms with E-state index in [1.54, 1.807) is 6.92 Å². The van der Waals surface area contributed by atoms with Crippen molar-refractivity contribution in [1.29, 1.82) is 0 Å². The van der Waals surface area contributed by atoms with Gasteiger partial charge >= 0.3 is 0 Å². The van der Waals surface area contributed by atoms with Crippen molar-refractivity contribution in [2.45, 2.75) is 6.92 Å². The number of anilines is 4. The average molecular weight is 234 g/mol. The zero-order chi connectivity index (χ0) is 12.8. The van der Waals surface area contributed by atoms with Gasteiger partial charge in [-0.25, -0.2) is 9.97 Å². The van der Waals surface area contributed by atoms with Crippen LogP contribution in [0.3, 0.4) is 0 Å². The molecule has 0 saturated carbocycles. The van der Waals surface area contributed by atoms with E-state index >= 15 is 0 Å². The van der Waals surface area contributed by atoms with Crippen LogP contribution in [0, 0.1) is 6.92 Å². The minimum atomic E-state index is 0.352. The van der Waals surface area contributed by atoms with Crippen LogP contribution in [0.15, 0.2) is 18.6 Å². The van der Waals surface area contributed by atoms with Crippen LogP contribution in [0.5, 0.6) is 0 Å². The predicted molar refractivity (Wildman–Crippen MR) is 66.5 cm³/mol. The Labute approximate surface area is 98.1 Å². The van der Waals surface area contributed by atoms with Crippen molar-refractivity contribution in [3.8, 4) is 0 Å². The fourth-order valence-corrected chi connectivity index (χ4v) is 0.875. The average Bonchev–Trinajstić information content (AvgIpc) is 2.24. The molecular weight excluding hydrogens is 220 g/mol. The van der Waals surface area contributed by atoms with E-state index in [0.717, 1.165) is 0 Å². The molecule has 0 atom stereocenters. The van der Waals surface area contributed by atoms with Crippen LogP contribution in [-0.2, 0) is 0 Å². The Bertz CT molecular complexity index is 481. The van der Waals surface area contributed by atoms with E-state index in [1.165, 1.54) is 18.6 Å². The minimum absolute atomic E-state index is 0.352. The van der Waals surface area contributed by atoms with Gasteiger partial charge in [0.2, 0.25) is 0 Å². The van der Waals surface area contributed by atoms with E-state index in [1.807, 2.05) is 0 Å². The van der Waals surface area contributed by atoms with Gasteiger partial charge in [0.25, 0.3) is 0 Å². The number of hydrogen-bond donors (Lipinski definition) is 4. The van der Waals surface area contributed by atoms with Crippen LogP contribution in [0.25, 0.3) is 0 Å². The molecule has 0 fully saturated rings. The molecule has 0 unspecified atom stereocenters. The SMILES string of the molecule is Cc1ncc(N)nc1N.Nc1cncc(N)n1. The van der Waals surface area contributed by atoms with Crippen LogP contribution < -0.4 is 22.9 Å². The molecule has 2 aromatic heterocycles. The molecule has 0 bridgehead atoms. The molecule has 8 N–H and O–H groups in total. The molecule has 2 rings (SSSR count). The summed E-state index contributed by atoms with van der Waals surface area (Å²) in [5.74, 6) is 1.46. The van der Waals surface area contributed by atoms with Crippen molar-refractivity contribution in [2.75, 3.05) is 22.9 Å². The second kappa shape index (κ2) is 5.45. The summed E-state index contributed by atoms with van der Waals surface area (Å²) < 4.78 is 0. The molecule has 2 aromatic rings. The first kappa shape index (κ1) is 12.4. The Morgan fingerprint density at radius 1 is 0.824 bits per heavy atom. The third-order valence-electron chi connectivity index (χ3n) is 1.68. The molecule has 0 spiro atoms. The first-order chi connectivity index (χ1) is 7.99. The lowest BCUT2D eigenvalue weighted by atomic mass is 10.4. The smallest absolute Gasteiger partial charge is 0.147 e. The van der Waals surface area contributed by atoms with Gasteiger partial charge in [0.15, 0.2) is 0 Å². The summed E-state index contributed by atoms with van der Waals surface area (Å²) in [6, 6.07) is 0. The van der Waals surface area contributed by atoms with Gasteiger partial charge in [-0.05, 0) is 6.92 Å². The van der Waals surface area contributed by atoms with Crippen molar-refractivity contribution in [3.05, 3.63) is 24.3 Å². The van der Waals surface area contributed by atoms with Crippen molar-refractivity contribution < 1.29 is 0 Å². The maximum atomic E-state index is 5.37. The van der Waals surface area contributed by atoms with Gasteiger partial charge in [-0.15, -0.1) is 0 Å². The highest BCUT2D eigenvalue weighted by Gasteiger charge is 1.93. The van der Waals surface area contributed by atoms with Crippen molar-refractivity contribution in [3.63, 3.8) is 0 Å². The molecule has 0 amide bonds. The third-order valence-corrected chi connectivity index (χ3v) is 1.68. The van der Waals surface area contributed by atoms with E-state index in [2.05, 4.69) is 19.9 Å². The van der Waals surface area contributed by atoms with E-state index in [-0.39, 0.29) is 0 Å². The molecule has 0 aliphatic heterocycles. The molecule has 8 nitrogen and oxygen atoms in total. The van der Waals surface area contributed by atoms with Gasteiger partial charge in [-0.1, -0.05) is 0 Å². The Morgan fingerprint density at radius 2 is 1.35 bits per heavy atom. The predicted octanol–water partition coefficient (Wildman–Crippen LogP) is -0.410. The number of aromatic nitrogens is 4. The van der Waals surface area contributed by atoms with Gasteiger partial charge in [-0.2, -0.15) is 0 Å². The first-order valence-electron chi connectivity index (χ1n) is 4.66. The van der Waals surface area contributed by atoms with E-state index in [9.17, 15) is 0 Å². The monoisotopic (exact) mass is 234 g/mol. The van der Waals surface area contributed by atoms with Crippen LogP contribution in [-0.4, -0.2) is 19.9 Å². The Kier molecular flexibility index (Phi) is 3.98. The Balaban J connectivity index is 0.000000171. The highest BCUT2D eigenvalue weighted by atomic mass is 15.0. The number of nitrogen functional groups attached to an aromatic ring is 4. The molecule has 2 heterocycles. The summed E-state index contributed by atoms with van der Waals surface area (Å²) in [6.07, 6.45) is 4.36. The summed E-state index contributed by atoms with van der Waals surface area (Å²) in [5.41, 5.74) is 21.8. The topological polar surface area (TPSA) is 156 Å². The molecule has 17 heavy (non-hydrogen) atoms. The molecule has 8 heteroatoms. The molecule has 0 aliphatic carbocycles. The van der Waals surface area contributed by atoms with E-state index < -0.39 is 0 Å². The van der Waals surface area contributed by atoms with Crippen LogP contribution in [0.4, 0.5) is 23.3 Å². The summed E-state index contributed by atoms with van der Waals surface area (Å²) in [6.45, 7) is 1.78.